The molecule has 214 valence electrons. The van der Waals surface area contributed by atoms with Crippen molar-refractivity contribution in [2.24, 2.45) is 11.8 Å². The number of carbonyl (C=O) groups excluding carboxylic acids is 1. The molecular weight excluding hydrogens is 584 g/mol. The summed E-state index contributed by atoms with van der Waals surface area (Å²) in [5, 5.41) is 18.2. The maximum absolute atomic E-state index is 16.1. The molecule has 2 aromatic heterocycles. The van der Waals surface area contributed by atoms with Gasteiger partial charge in [0.2, 0.25) is 11.8 Å². The highest BCUT2D eigenvalue weighted by Gasteiger charge is 2.68. The molecule has 2 fully saturated rings. The Balaban J connectivity index is 1.36. The number of anilines is 1. The molecule has 1 aliphatic carbocycles. The summed E-state index contributed by atoms with van der Waals surface area (Å²) >= 11 is 12.7. The molecule has 2 aromatic carbocycles. The van der Waals surface area contributed by atoms with Crippen LogP contribution >= 0.6 is 23.2 Å². The van der Waals surface area contributed by atoms with Gasteiger partial charge in [0.15, 0.2) is 5.65 Å². The summed E-state index contributed by atoms with van der Waals surface area (Å²) in [7, 11) is 0. The van der Waals surface area contributed by atoms with Gasteiger partial charge >= 0.3 is 5.97 Å². The van der Waals surface area contributed by atoms with E-state index in [0.29, 0.717) is 45.6 Å². The SMILES string of the molecule is O=C(O)c1cnc2nn3c(c2c1)OC[C@H]1[C@@H](C3)[C@H](c2cccc(Cl)c2F)[C@]2(C(=O)Nc3cc(Cl)ccc32)N1CC1CC1. The minimum absolute atomic E-state index is 0.0182. The van der Waals surface area contributed by atoms with E-state index < -0.39 is 23.2 Å². The fourth-order valence-corrected chi connectivity index (χ4v) is 7.71. The number of rotatable bonds is 4. The molecule has 0 unspecified atom stereocenters. The topological polar surface area (TPSA) is 110 Å². The Morgan fingerprint density at radius 2 is 2.05 bits per heavy atom. The third-order valence-corrected chi connectivity index (χ3v) is 9.78. The summed E-state index contributed by atoms with van der Waals surface area (Å²) in [6, 6.07) is 11.5. The van der Waals surface area contributed by atoms with Crippen LogP contribution in [0.2, 0.25) is 10.0 Å². The number of benzene rings is 2. The van der Waals surface area contributed by atoms with Crippen molar-refractivity contribution in [2.45, 2.75) is 36.9 Å². The minimum Gasteiger partial charge on any atom is -0.478 e. The Kier molecular flexibility index (Phi) is 5.64. The molecule has 1 amide bonds. The van der Waals surface area contributed by atoms with Crippen LogP contribution in [0.1, 0.15) is 40.2 Å². The van der Waals surface area contributed by atoms with Crippen LogP contribution in [0.5, 0.6) is 5.88 Å². The molecular formula is C30H24Cl2FN5O4. The molecule has 0 radical (unpaired) electrons. The zero-order valence-electron chi connectivity index (χ0n) is 22.1. The number of aromatic nitrogens is 3. The van der Waals surface area contributed by atoms with Crippen molar-refractivity contribution >= 4 is 51.8 Å². The number of carbonyl (C=O) groups is 2. The van der Waals surface area contributed by atoms with Gasteiger partial charge in [0, 0.05) is 47.4 Å². The van der Waals surface area contributed by atoms with E-state index in [1.807, 2.05) is 6.07 Å². The van der Waals surface area contributed by atoms with Gasteiger partial charge in [-0.3, -0.25) is 9.69 Å². The van der Waals surface area contributed by atoms with Crippen LogP contribution in [0.3, 0.4) is 0 Å². The number of nitrogens with zero attached hydrogens (tertiary/aromatic N) is 4. The highest BCUT2D eigenvalue weighted by molar-refractivity contribution is 6.31. The van der Waals surface area contributed by atoms with E-state index in [0.717, 1.165) is 18.4 Å². The third kappa shape index (κ3) is 3.58. The van der Waals surface area contributed by atoms with Gasteiger partial charge in [0.25, 0.3) is 0 Å². The molecule has 8 rings (SSSR count). The smallest absolute Gasteiger partial charge is 0.337 e. The number of hydrogen-bond acceptors (Lipinski definition) is 6. The van der Waals surface area contributed by atoms with Crippen molar-refractivity contribution in [3.8, 4) is 5.88 Å². The van der Waals surface area contributed by atoms with Gasteiger partial charge in [0.05, 0.1) is 22.0 Å². The summed E-state index contributed by atoms with van der Waals surface area (Å²) in [5.74, 6) is -2.09. The maximum atomic E-state index is 16.1. The first-order valence-corrected chi connectivity index (χ1v) is 14.6. The largest absolute Gasteiger partial charge is 0.478 e. The lowest BCUT2D eigenvalue weighted by atomic mass is 9.71. The second kappa shape index (κ2) is 9.13. The molecule has 42 heavy (non-hydrogen) atoms. The Labute approximate surface area is 249 Å². The summed E-state index contributed by atoms with van der Waals surface area (Å²) in [5.41, 5.74) is 0.825. The number of carboxylic acids is 1. The number of carboxylic acid groups (broad SMARTS) is 1. The normalized spacial score (nSPS) is 26.5. The number of aromatic carboxylic acids is 1. The highest BCUT2D eigenvalue weighted by Crippen LogP contribution is 2.61. The quantitative estimate of drug-likeness (QED) is 0.323. The molecule has 1 spiro atoms. The number of hydrogen-bond donors (Lipinski definition) is 2. The average Bonchev–Trinajstić information content (AvgIpc) is 3.63. The van der Waals surface area contributed by atoms with Crippen molar-refractivity contribution in [3.05, 3.63) is 81.2 Å². The summed E-state index contributed by atoms with van der Waals surface area (Å²) in [6.07, 6.45) is 3.36. The van der Waals surface area contributed by atoms with Crippen LogP contribution in [0, 0.1) is 17.7 Å². The second-order valence-electron chi connectivity index (χ2n) is 11.6. The molecule has 4 atom stereocenters. The lowest BCUT2D eigenvalue weighted by Gasteiger charge is -2.40. The van der Waals surface area contributed by atoms with Crippen LogP contribution in [-0.2, 0) is 16.9 Å². The Morgan fingerprint density at radius 3 is 2.83 bits per heavy atom. The van der Waals surface area contributed by atoms with E-state index in [2.05, 4.69) is 20.3 Å². The van der Waals surface area contributed by atoms with Crippen molar-refractivity contribution in [2.75, 3.05) is 18.5 Å². The molecule has 5 heterocycles. The maximum Gasteiger partial charge on any atom is 0.337 e. The zero-order valence-corrected chi connectivity index (χ0v) is 23.6. The molecule has 2 N–H and O–H groups in total. The van der Waals surface area contributed by atoms with Gasteiger partial charge in [-0.15, -0.1) is 5.10 Å². The molecule has 12 heteroatoms. The van der Waals surface area contributed by atoms with Gasteiger partial charge in [0.1, 0.15) is 18.0 Å². The summed E-state index contributed by atoms with van der Waals surface area (Å²) < 4.78 is 24.2. The van der Waals surface area contributed by atoms with Crippen molar-refractivity contribution in [1.29, 1.82) is 0 Å². The van der Waals surface area contributed by atoms with Gasteiger partial charge in [-0.2, -0.15) is 0 Å². The fraction of sp³-hybridized carbons (Fsp3) is 0.333. The summed E-state index contributed by atoms with van der Waals surface area (Å²) in [4.78, 5) is 32.5. The predicted octanol–water partition coefficient (Wildman–Crippen LogP) is 5.31. The third-order valence-electron chi connectivity index (χ3n) is 9.25. The highest BCUT2D eigenvalue weighted by atomic mass is 35.5. The zero-order chi connectivity index (χ0) is 28.9. The van der Waals surface area contributed by atoms with E-state index in [1.54, 1.807) is 28.9 Å². The number of pyridine rings is 1. The number of amides is 1. The van der Waals surface area contributed by atoms with Crippen molar-refractivity contribution in [3.63, 3.8) is 0 Å². The molecule has 4 aliphatic rings. The van der Waals surface area contributed by atoms with E-state index in [4.69, 9.17) is 27.9 Å². The molecule has 1 saturated heterocycles. The lowest BCUT2D eigenvalue weighted by molar-refractivity contribution is -0.128. The number of likely N-dealkylation sites (tertiary alicyclic amines) is 1. The van der Waals surface area contributed by atoms with Gasteiger partial charge in [-0.1, -0.05) is 41.4 Å². The number of halogens is 3. The molecule has 3 aliphatic heterocycles. The average molecular weight is 608 g/mol. The predicted molar refractivity (Wildman–Crippen MR) is 153 cm³/mol. The minimum atomic E-state index is -1.24. The Bertz CT molecular complexity index is 1830. The molecule has 4 aromatic rings. The second-order valence-corrected chi connectivity index (χ2v) is 12.4. The van der Waals surface area contributed by atoms with Crippen LogP contribution < -0.4 is 10.1 Å². The number of nitrogens with one attached hydrogen (secondary N) is 1. The Morgan fingerprint density at radius 1 is 1.21 bits per heavy atom. The number of ether oxygens (including phenoxy) is 1. The molecule has 1 saturated carbocycles. The molecule has 9 nitrogen and oxygen atoms in total. The van der Waals surface area contributed by atoms with Crippen molar-refractivity contribution < 1.29 is 23.8 Å². The van der Waals surface area contributed by atoms with Gasteiger partial charge in [-0.05, 0) is 48.6 Å². The van der Waals surface area contributed by atoms with Crippen LogP contribution in [0.15, 0.2) is 48.7 Å². The van der Waals surface area contributed by atoms with E-state index >= 15 is 4.39 Å². The van der Waals surface area contributed by atoms with E-state index in [1.165, 1.54) is 18.3 Å². The van der Waals surface area contributed by atoms with Crippen molar-refractivity contribution in [1.82, 2.24) is 19.7 Å². The van der Waals surface area contributed by atoms with Crippen LogP contribution in [0.25, 0.3) is 11.0 Å². The summed E-state index contributed by atoms with van der Waals surface area (Å²) in [6.45, 7) is 1.10. The molecule has 0 bridgehead atoms. The first-order chi connectivity index (χ1) is 20.3. The fourth-order valence-electron chi connectivity index (χ4n) is 7.35. The number of fused-ring (bicyclic) bond motifs is 6. The van der Waals surface area contributed by atoms with Crippen LogP contribution in [-0.4, -0.2) is 55.8 Å². The van der Waals surface area contributed by atoms with Gasteiger partial charge in [-0.25, -0.2) is 18.9 Å². The Hall–Kier alpha value is -3.73. The van der Waals surface area contributed by atoms with Crippen LogP contribution in [0.4, 0.5) is 10.1 Å². The van der Waals surface area contributed by atoms with E-state index in [9.17, 15) is 14.7 Å². The first kappa shape index (κ1) is 25.9. The standard InChI is InChI=1S/C30H24Cl2FN5O4/c31-16-6-7-20-22(9-16)35-29(41)30(20)24(17-2-1-3-21(32)25(17)33)19-12-38-27(42-13-23(19)37(30)11-14-4-5-14)18-8-15(28(39)40)10-34-26(18)36-38/h1-3,6-10,14,19,23-24H,4-5,11-13H2,(H,35,41)(H,39,40)/t19-,23+,24+,30-/m1/s1. The van der Waals surface area contributed by atoms with E-state index in [-0.39, 0.29) is 41.6 Å². The lowest BCUT2D eigenvalue weighted by Crippen LogP contribution is -2.53. The van der Waals surface area contributed by atoms with Gasteiger partial charge < -0.3 is 15.2 Å². The monoisotopic (exact) mass is 607 g/mol. The first-order valence-electron chi connectivity index (χ1n) is 13.8.